The predicted molar refractivity (Wildman–Crippen MR) is 81.5 cm³/mol. The fourth-order valence-electron chi connectivity index (χ4n) is 2.21. The third-order valence-electron chi connectivity index (χ3n) is 3.29. The minimum Gasteiger partial charge on any atom is -0.496 e. The quantitative estimate of drug-likeness (QED) is 0.739. The Bertz CT molecular complexity index is 402. The summed E-state index contributed by atoms with van der Waals surface area (Å²) in [6.07, 6.45) is 3.42. The molecule has 2 heteroatoms. The molecule has 0 bridgehead atoms. The lowest BCUT2D eigenvalue weighted by Crippen LogP contribution is -2.14. The van der Waals surface area contributed by atoms with Crippen molar-refractivity contribution in [3.8, 4) is 11.5 Å². The van der Waals surface area contributed by atoms with Gasteiger partial charge in [-0.25, -0.2) is 0 Å². The summed E-state index contributed by atoms with van der Waals surface area (Å²) in [5.74, 6) is 1.99. The van der Waals surface area contributed by atoms with E-state index in [1.807, 2.05) is 6.92 Å². The van der Waals surface area contributed by atoms with Gasteiger partial charge in [0.2, 0.25) is 0 Å². The zero-order valence-corrected chi connectivity index (χ0v) is 13.3. The molecular formula is C17H28O2. The van der Waals surface area contributed by atoms with Crippen LogP contribution in [-0.2, 0) is 11.8 Å². The molecular weight excluding hydrogens is 236 g/mol. The van der Waals surface area contributed by atoms with E-state index < -0.39 is 0 Å². The predicted octanol–water partition coefficient (Wildman–Crippen LogP) is 4.73. The topological polar surface area (TPSA) is 18.5 Å². The van der Waals surface area contributed by atoms with Gasteiger partial charge < -0.3 is 9.47 Å². The van der Waals surface area contributed by atoms with E-state index in [4.69, 9.17) is 9.47 Å². The van der Waals surface area contributed by atoms with Gasteiger partial charge in [-0.15, -0.1) is 0 Å². The summed E-state index contributed by atoms with van der Waals surface area (Å²) in [5, 5.41) is 0. The average molecular weight is 264 g/mol. The molecule has 0 saturated carbocycles. The molecule has 0 atom stereocenters. The van der Waals surface area contributed by atoms with Gasteiger partial charge >= 0.3 is 0 Å². The van der Waals surface area contributed by atoms with Crippen LogP contribution in [0.2, 0.25) is 0 Å². The van der Waals surface area contributed by atoms with Crippen molar-refractivity contribution in [1.82, 2.24) is 0 Å². The van der Waals surface area contributed by atoms with Crippen molar-refractivity contribution < 1.29 is 9.47 Å². The standard InChI is InChI=1S/C17H28O2/c1-7-9-10-13-11-16(18-6)14(17(3,4)5)12-15(13)19-8-2/h11-12H,7-10H2,1-6H3. The Labute approximate surface area is 118 Å². The molecule has 0 radical (unpaired) electrons. The summed E-state index contributed by atoms with van der Waals surface area (Å²) in [7, 11) is 1.74. The molecule has 0 aliphatic rings. The van der Waals surface area contributed by atoms with Crippen molar-refractivity contribution in [3.05, 3.63) is 23.3 Å². The third kappa shape index (κ3) is 4.15. The van der Waals surface area contributed by atoms with Crippen molar-refractivity contribution in [2.45, 2.75) is 59.3 Å². The first-order valence-corrected chi connectivity index (χ1v) is 7.28. The van der Waals surface area contributed by atoms with Crippen LogP contribution in [0.5, 0.6) is 11.5 Å². The zero-order chi connectivity index (χ0) is 14.5. The zero-order valence-electron chi connectivity index (χ0n) is 13.3. The molecule has 0 aromatic heterocycles. The van der Waals surface area contributed by atoms with E-state index >= 15 is 0 Å². The van der Waals surface area contributed by atoms with Crippen LogP contribution in [0.4, 0.5) is 0 Å². The summed E-state index contributed by atoms with van der Waals surface area (Å²) in [6.45, 7) is 11.5. The summed E-state index contributed by atoms with van der Waals surface area (Å²) in [4.78, 5) is 0. The Kier molecular flexibility index (Phi) is 5.71. The van der Waals surface area contributed by atoms with Gasteiger partial charge in [0.15, 0.2) is 0 Å². The molecule has 1 aromatic carbocycles. The molecule has 108 valence electrons. The molecule has 1 aromatic rings. The Morgan fingerprint density at radius 1 is 1.05 bits per heavy atom. The molecule has 2 nitrogen and oxygen atoms in total. The van der Waals surface area contributed by atoms with Gasteiger partial charge in [-0.2, -0.15) is 0 Å². The molecule has 0 saturated heterocycles. The van der Waals surface area contributed by atoms with Crippen molar-refractivity contribution in [2.75, 3.05) is 13.7 Å². The number of hydrogen-bond acceptors (Lipinski definition) is 2. The fraction of sp³-hybridized carbons (Fsp3) is 0.647. The maximum absolute atomic E-state index is 5.81. The van der Waals surface area contributed by atoms with E-state index in [1.165, 1.54) is 24.0 Å². The van der Waals surface area contributed by atoms with E-state index in [2.05, 4.69) is 39.8 Å². The SMILES string of the molecule is CCCCc1cc(OC)c(C(C)(C)C)cc1OCC. The molecule has 0 unspecified atom stereocenters. The highest BCUT2D eigenvalue weighted by molar-refractivity contribution is 5.49. The van der Waals surface area contributed by atoms with E-state index in [1.54, 1.807) is 7.11 Å². The Hall–Kier alpha value is -1.18. The maximum Gasteiger partial charge on any atom is 0.123 e. The Balaban J connectivity index is 3.25. The molecule has 0 N–H and O–H groups in total. The highest BCUT2D eigenvalue weighted by Crippen LogP contribution is 2.37. The fourth-order valence-corrected chi connectivity index (χ4v) is 2.21. The number of methoxy groups -OCH3 is 1. The number of rotatable bonds is 6. The normalized spacial score (nSPS) is 11.5. The van der Waals surface area contributed by atoms with Crippen LogP contribution < -0.4 is 9.47 Å². The highest BCUT2D eigenvalue weighted by atomic mass is 16.5. The number of benzene rings is 1. The summed E-state index contributed by atoms with van der Waals surface area (Å²) in [5.41, 5.74) is 2.52. The minimum absolute atomic E-state index is 0.0560. The second-order valence-electron chi connectivity index (χ2n) is 5.95. The Morgan fingerprint density at radius 2 is 1.74 bits per heavy atom. The molecule has 19 heavy (non-hydrogen) atoms. The monoisotopic (exact) mass is 264 g/mol. The third-order valence-corrected chi connectivity index (χ3v) is 3.29. The molecule has 0 aliphatic carbocycles. The molecule has 0 fully saturated rings. The smallest absolute Gasteiger partial charge is 0.123 e. The van der Waals surface area contributed by atoms with Crippen LogP contribution in [0.25, 0.3) is 0 Å². The van der Waals surface area contributed by atoms with Crippen LogP contribution in [0, 0.1) is 0 Å². The van der Waals surface area contributed by atoms with Crippen LogP contribution in [0.1, 0.15) is 58.6 Å². The van der Waals surface area contributed by atoms with Crippen molar-refractivity contribution >= 4 is 0 Å². The number of unbranched alkanes of at least 4 members (excludes halogenated alkanes) is 1. The van der Waals surface area contributed by atoms with Crippen molar-refractivity contribution in [2.24, 2.45) is 0 Å². The lowest BCUT2D eigenvalue weighted by atomic mass is 9.85. The summed E-state index contributed by atoms with van der Waals surface area (Å²) >= 11 is 0. The number of hydrogen-bond donors (Lipinski definition) is 0. The molecule has 1 rings (SSSR count). The summed E-state index contributed by atoms with van der Waals surface area (Å²) in [6, 6.07) is 4.31. The van der Waals surface area contributed by atoms with E-state index in [0.717, 1.165) is 17.9 Å². The minimum atomic E-state index is 0.0560. The molecule has 0 amide bonds. The summed E-state index contributed by atoms with van der Waals surface area (Å²) < 4.78 is 11.4. The van der Waals surface area contributed by atoms with Crippen LogP contribution in [0.15, 0.2) is 12.1 Å². The second kappa shape index (κ2) is 6.83. The lowest BCUT2D eigenvalue weighted by molar-refractivity contribution is 0.332. The number of aryl methyl sites for hydroxylation is 1. The highest BCUT2D eigenvalue weighted by Gasteiger charge is 2.21. The largest absolute Gasteiger partial charge is 0.496 e. The van der Waals surface area contributed by atoms with Crippen molar-refractivity contribution in [3.63, 3.8) is 0 Å². The van der Waals surface area contributed by atoms with Gasteiger partial charge in [-0.1, -0.05) is 34.1 Å². The van der Waals surface area contributed by atoms with Gasteiger partial charge in [-0.05, 0) is 42.9 Å². The molecule has 0 spiro atoms. The maximum atomic E-state index is 5.81. The average Bonchev–Trinajstić information content (AvgIpc) is 2.36. The molecule has 0 aliphatic heterocycles. The first-order chi connectivity index (χ1) is 8.93. The van der Waals surface area contributed by atoms with Crippen LogP contribution >= 0.6 is 0 Å². The van der Waals surface area contributed by atoms with E-state index in [-0.39, 0.29) is 5.41 Å². The van der Waals surface area contributed by atoms with Crippen LogP contribution in [0.3, 0.4) is 0 Å². The van der Waals surface area contributed by atoms with Gasteiger partial charge in [0.05, 0.1) is 13.7 Å². The van der Waals surface area contributed by atoms with Gasteiger partial charge in [-0.3, -0.25) is 0 Å². The van der Waals surface area contributed by atoms with E-state index in [0.29, 0.717) is 6.61 Å². The lowest BCUT2D eigenvalue weighted by Gasteiger charge is -2.24. The van der Waals surface area contributed by atoms with Gasteiger partial charge in [0.1, 0.15) is 11.5 Å². The van der Waals surface area contributed by atoms with Crippen molar-refractivity contribution in [1.29, 1.82) is 0 Å². The second-order valence-corrected chi connectivity index (χ2v) is 5.95. The first kappa shape index (κ1) is 15.9. The van der Waals surface area contributed by atoms with Crippen LogP contribution in [-0.4, -0.2) is 13.7 Å². The van der Waals surface area contributed by atoms with Gasteiger partial charge in [0, 0.05) is 5.56 Å². The van der Waals surface area contributed by atoms with Gasteiger partial charge in [0.25, 0.3) is 0 Å². The first-order valence-electron chi connectivity index (χ1n) is 7.28. The Morgan fingerprint density at radius 3 is 2.21 bits per heavy atom. The number of ether oxygens (including phenoxy) is 2. The van der Waals surface area contributed by atoms with E-state index in [9.17, 15) is 0 Å². The molecule has 0 heterocycles.